The number of nitrogens with one attached hydrogen (secondary N) is 2. The van der Waals surface area contributed by atoms with Crippen LogP contribution in [0.2, 0.25) is 0 Å². The van der Waals surface area contributed by atoms with Gasteiger partial charge in [0.25, 0.3) is 0 Å². The molecule has 1 aliphatic carbocycles. The highest BCUT2D eigenvalue weighted by Crippen LogP contribution is 2.47. The summed E-state index contributed by atoms with van der Waals surface area (Å²) in [7, 11) is 0.424. The Hall–Kier alpha value is -3.77. The van der Waals surface area contributed by atoms with Gasteiger partial charge in [0.1, 0.15) is 17.3 Å². The van der Waals surface area contributed by atoms with Gasteiger partial charge in [-0.05, 0) is 88.7 Å². The van der Waals surface area contributed by atoms with Gasteiger partial charge in [0, 0.05) is 48.3 Å². The number of hydrogen-bond donors (Lipinski definition) is 2. The summed E-state index contributed by atoms with van der Waals surface area (Å²) in [4.78, 5) is 13.3. The van der Waals surface area contributed by atoms with E-state index in [-0.39, 0.29) is 17.5 Å². The zero-order valence-corrected chi connectivity index (χ0v) is 24.8. The largest absolute Gasteiger partial charge is 0.369 e. The minimum Gasteiger partial charge on any atom is -0.369 e. The Labute approximate surface area is 244 Å². The number of aromatic nitrogens is 3. The maximum absolute atomic E-state index is 15.2. The summed E-state index contributed by atoms with van der Waals surface area (Å²) in [5.41, 5.74) is 2.05. The molecular formula is C30H35F2N7O2S. The van der Waals surface area contributed by atoms with Crippen LogP contribution in [0.15, 0.2) is 54.9 Å². The molecule has 0 amide bonds. The van der Waals surface area contributed by atoms with Gasteiger partial charge in [-0.25, -0.2) is 22.2 Å². The van der Waals surface area contributed by atoms with E-state index in [0.717, 1.165) is 31.3 Å². The highest BCUT2D eigenvalue weighted by atomic mass is 32.2. The number of anilines is 4. The molecule has 0 atom stereocenters. The van der Waals surface area contributed by atoms with Gasteiger partial charge in [0.2, 0.25) is 16.0 Å². The number of piperidine rings is 1. The lowest BCUT2D eigenvalue weighted by atomic mass is 10.0. The Balaban J connectivity index is 1.22. The fourth-order valence-corrected chi connectivity index (χ4v) is 7.41. The van der Waals surface area contributed by atoms with E-state index in [4.69, 9.17) is 0 Å². The molecule has 1 saturated carbocycles. The molecule has 0 spiro atoms. The van der Waals surface area contributed by atoms with E-state index in [9.17, 15) is 12.8 Å². The van der Waals surface area contributed by atoms with E-state index in [1.165, 1.54) is 18.2 Å². The highest BCUT2D eigenvalue weighted by Gasteiger charge is 2.53. The van der Waals surface area contributed by atoms with Gasteiger partial charge in [-0.1, -0.05) is 6.92 Å². The van der Waals surface area contributed by atoms with Gasteiger partial charge in [-0.2, -0.15) is 4.98 Å². The van der Waals surface area contributed by atoms with E-state index in [0.29, 0.717) is 48.0 Å². The van der Waals surface area contributed by atoms with E-state index in [1.807, 2.05) is 19.1 Å². The number of rotatable bonds is 9. The third-order valence-corrected chi connectivity index (χ3v) is 11.0. The average Bonchev–Trinajstić information content (AvgIpc) is 3.68. The number of halogens is 2. The Bertz CT molecular complexity index is 1730. The van der Waals surface area contributed by atoms with E-state index >= 15 is 4.39 Å². The zero-order valence-electron chi connectivity index (χ0n) is 23.9. The monoisotopic (exact) mass is 595 g/mol. The molecule has 9 nitrogen and oxygen atoms in total. The number of nitrogens with zero attached hydrogens (tertiary/aromatic N) is 5. The summed E-state index contributed by atoms with van der Waals surface area (Å²) in [6, 6.07) is 11.6. The first-order valence-electron chi connectivity index (χ1n) is 14.2. The molecule has 0 bridgehead atoms. The fourth-order valence-electron chi connectivity index (χ4n) is 5.73. The van der Waals surface area contributed by atoms with Crippen LogP contribution in [-0.4, -0.2) is 65.8 Å². The molecule has 1 aliphatic heterocycles. The molecule has 0 unspecified atom stereocenters. The van der Waals surface area contributed by atoms with Crippen molar-refractivity contribution in [3.8, 4) is 5.69 Å². The first-order valence-corrected chi connectivity index (χ1v) is 15.7. The van der Waals surface area contributed by atoms with E-state index in [1.54, 1.807) is 29.1 Å². The second-order valence-electron chi connectivity index (χ2n) is 11.4. The van der Waals surface area contributed by atoms with Crippen LogP contribution in [0.5, 0.6) is 0 Å². The van der Waals surface area contributed by atoms with Crippen molar-refractivity contribution in [1.82, 2.24) is 19.4 Å². The maximum atomic E-state index is 15.2. The van der Waals surface area contributed by atoms with Gasteiger partial charge in [0.15, 0.2) is 0 Å². The van der Waals surface area contributed by atoms with E-state index < -0.39 is 20.6 Å². The molecule has 12 heteroatoms. The quantitative estimate of drug-likeness (QED) is 0.258. The highest BCUT2D eigenvalue weighted by molar-refractivity contribution is 7.94. The minimum atomic E-state index is -3.73. The van der Waals surface area contributed by atoms with Crippen LogP contribution in [0, 0.1) is 11.6 Å². The molecular weight excluding hydrogens is 560 g/mol. The Kier molecular flexibility index (Phi) is 7.30. The number of fused-ring (bicyclic) bond motifs is 1. The van der Waals surface area contributed by atoms with Crippen LogP contribution in [-0.2, 0) is 10.0 Å². The molecule has 2 N–H and O–H groups in total. The number of benzene rings is 2. The number of hydrogen-bond acceptors (Lipinski definition) is 7. The van der Waals surface area contributed by atoms with Crippen LogP contribution in [0.1, 0.15) is 39.0 Å². The topological polar surface area (TPSA) is 95.4 Å². The number of sulfonamides is 1. The standard InChI is InChI=1S/C30H35F2N7O2S/c1-4-30(12-13-30)42(40,41)36-26-18-23(6-7-24(26)31)39-16-9-20-19-33-29(35-28(20)39)34-21-5-8-27(25(32)17-21)38-14-10-22(11-15-38)37(2)3/h5-9,16-19,22,36H,4,10-15H2,1-3H3,(H,33,34,35). The molecule has 2 aliphatic rings. The molecule has 1 saturated heterocycles. The van der Waals surface area contributed by atoms with Gasteiger partial charge in [-0.3, -0.25) is 4.72 Å². The zero-order chi connectivity index (χ0) is 29.6. The second kappa shape index (κ2) is 10.8. The molecule has 2 aromatic heterocycles. The first-order chi connectivity index (χ1) is 20.1. The van der Waals surface area contributed by atoms with Crippen molar-refractivity contribution in [2.45, 2.75) is 49.8 Å². The molecule has 6 rings (SSSR count). The normalized spacial score (nSPS) is 17.1. The summed E-state index contributed by atoms with van der Waals surface area (Å²) in [5, 5.41) is 3.82. The lowest BCUT2D eigenvalue weighted by molar-refractivity contribution is 0.249. The van der Waals surface area contributed by atoms with Crippen molar-refractivity contribution in [3.63, 3.8) is 0 Å². The van der Waals surface area contributed by atoms with Crippen molar-refractivity contribution < 1.29 is 17.2 Å². The molecule has 4 aromatic rings. The summed E-state index contributed by atoms with van der Waals surface area (Å²) in [5.74, 6) is -0.705. The predicted octanol–water partition coefficient (Wildman–Crippen LogP) is 5.66. The van der Waals surface area contributed by atoms with Crippen molar-refractivity contribution >= 4 is 44.1 Å². The molecule has 3 heterocycles. The van der Waals surface area contributed by atoms with Gasteiger partial charge < -0.3 is 19.7 Å². The van der Waals surface area contributed by atoms with Crippen LogP contribution in [0.25, 0.3) is 16.7 Å². The summed E-state index contributed by atoms with van der Waals surface area (Å²) in [6.07, 6.45) is 6.99. The molecule has 2 fully saturated rings. The van der Waals surface area contributed by atoms with Crippen LogP contribution >= 0.6 is 0 Å². The molecule has 42 heavy (non-hydrogen) atoms. The Morgan fingerprint density at radius 3 is 2.48 bits per heavy atom. The molecule has 2 aromatic carbocycles. The third-order valence-electron chi connectivity index (χ3n) is 8.66. The van der Waals surface area contributed by atoms with Crippen molar-refractivity contribution in [2.24, 2.45) is 0 Å². The first kappa shape index (κ1) is 28.4. The van der Waals surface area contributed by atoms with E-state index in [2.05, 4.69) is 43.9 Å². The summed E-state index contributed by atoms with van der Waals surface area (Å²) < 4.78 is 59.1. The molecule has 0 radical (unpaired) electrons. The average molecular weight is 596 g/mol. The van der Waals surface area contributed by atoms with Gasteiger partial charge in [-0.15, -0.1) is 0 Å². The van der Waals surface area contributed by atoms with Crippen LogP contribution in [0.3, 0.4) is 0 Å². The SMILES string of the molecule is CCC1(S(=O)(=O)Nc2cc(-n3ccc4cnc(Nc5ccc(N6CCC(N(C)C)CC6)c(F)c5)nc43)ccc2F)CC1. The maximum Gasteiger partial charge on any atom is 0.238 e. The third kappa shape index (κ3) is 5.29. The van der Waals surface area contributed by atoms with Crippen LogP contribution < -0.4 is 14.9 Å². The van der Waals surface area contributed by atoms with Crippen molar-refractivity contribution in [1.29, 1.82) is 0 Å². The molecule has 222 valence electrons. The summed E-state index contributed by atoms with van der Waals surface area (Å²) >= 11 is 0. The Morgan fingerprint density at radius 2 is 1.81 bits per heavy atom. The minimum absolute atomic E-state index is 0.108. The predicted molar refractivity (Wildman–Crippen MR) is 162 cm³/mol. The van der Waals surface area contributed by atoms with Gasteiger partial charge in [0.05, 0.1) is 16.1 Å². The van der Waals surface area contributed by atoms with Crippen molar-refractivity contribution in [2.75, 3.05) is 42.1 Å². The van der Waals surface area contributed by atoms with Gasteiger partial charge >= 0.3 is 0 Å². The summed E-state index contributed by atoms with van der Waals surface area (Å²) in [6.45, 7) is 3.43. The van der Waals surface area contributed by atoms with Crippen LogP contribution in [0.4, 0.5) is 31.8 Å². The second-order valence-corrected chi connectivity index (χ2v) is 13.5. The fraction of sp³-hybridized carbons (Fsp3) is 0.400. The smallest absolute Gasteiger partial charge is 0.238 e. The Morgan fingerprint density at radius 1 is 1.05 bits per heavy atom. The lowest BCUT2D eigenvalue weighted by Gasteiger charge is -2.36. The lowest BCUT2D eigenvalue weighted by Crippen LogP contribution is -2.42. The van der Waals surface area contributed by atoms with Crippen molar-refractivity contribution in [3.05, 3.63) is 66.5 Å².